The molecule has 1 aliphatic heterocycles. The summed E-state index contributed by atoms with van der Waals surface area (Å²) in [6, 6.07) is 1.01. The van der Waals surface area contributed by atoms with Gasteiger partial charge >= 0.3 is 6.03 Å². The van der Waals surface area contributed by atoms with Crippen molar-refractivity contribution in [2.45, 2.75) is 0 Å². The summed E-state index contributed by atoms with van der Waals surface area (Å²) in [6.45, 7) is 0. The Kier molecular flexibility index (Phi) is 1.69. The Hall–Kier alpha value is -0.810. The molecule has 4 nitrogen and oxygen atoms in total. The zero-order valence-corrected chi connectivity index (χ0v) is 7.93. The maximum atomic E-state index is 10.7. The molecule has 0 atom stereocenters. The number of aromatic nitrogens is 1. The van der Waals surface area contributed by atoms with Crippen LogP contribution in [0.2, 0.25) is 5.02 Å². The number of halogens is 2. The van der Waals surface area contributed by atoms with Crippen molar-refractivity contribution in [1.82, 2.24) is 4.98 Å². The van der Waals surface area contributed by atoms with Gasteiger partial charge in [-0.3, -0.25) is 0 Å². The van der Waals surface area contributed by atoms with Gasteiger partial charge in [0.25, 0.3) is 0 Å². The number of hydrogen-bond acceptors (Lipinski definition) is 2. The predicted octanol–water partition coefficient (Wildman–Crippen LogP) is 0.870. The van der Waals surface area contributed by atoms with Gasteiger partial charge in [0.05, 0.1) is 5.02 Å². The first-order valence-electron chi connectivity index (χ1n) is 3.00. The second-order valence-electron chi connectivity index (χ2n) is 2.11. The van der Waals surface area contributed by atoms with Crippen LogP contribution in [-0.2, 0) is 0 Å². The summed E-state index contributed by atoms with van der Waals surface area (Å²) in [7, 11) is 0. The first-order valence-corrected chi connectivity index (χ1v) is 4.17. The first kappa shape index (κ1) is 7.82. The summed E-state index contributed by atoms with van der Waals surface area (Å²) >= 11 is 8.83. The van der Waals surface area contributed by atoms with E-state index in [4.69, 9.17) is 11.6 Å². The molecule has 0 unspecified atom stereocenters. The number of amides is 2. The highest BCUT2D eigenvalue weighted by molar-refractivity contribution is 9.10. The first-order chi connectivity index (χ1) is 5.66. The van der Waals surface area contributed by atoms with Gasteiger partial charge in [0.15, 0.2) is 5.49 Å². The Morgan fingerprint density at radius 2 is 2.17 bits per heavy atom. The predicted molar refractivity (Wildman–Crippen MR) is 44.7 cm³/mol. The number of urea groups is 1. The van der Waals surface area contributed by atoms with Crippen LogP contribution in [0, 0.1) is 0 Å². The molecule has 60 valence electrons. The van der Waals surface area contributed by atoms with Gasteiger partial charge in [0, 0.05) is 0 Å². The molecule has 1 aromatic heterocycles. The van der Waals surface area contributed by atoms with E-state index in [1.54, 1.807) is 6.07 Å². The number of nitrogens with zero attached hydrogens (tertiary/aromatic N) is 3. The van der Waals surface area contributed by atoms with Crippen LogP contribution >= 0.6 is 27.5 Å². The maximum absolute atomic E-state index is 10.7. The van der Waals surface area contributed by atoms with Crippen LogP contribution in [0.1, 0.15) is 0 Å². The van der Waals surface area contributed by atoms with Crippen LogP contribution in [0.25, 0.3) is 0 Å². The van der Waals surface area contributed by atoms with E-state index in [1.165, 1.54) is 0 Å². The van der Waals surface area contributed by atoms with Gasteiger partial charge in [-0.05, 0) is 22.0 Å². The molecule has 2 amide bonds. The van der Waals surface area contributed by atoms with Crippen molar-refractivity contribution >= 4 is 33.6 Å². The quantitative estimate of drug-likeness (QED) is 0.638. The molecule has 0 aromatic carbocycles. The van der Waals surface area contributed by atoms with Crippen LogP contribution < -0.4 is 10.8 Å². The van der Waals surface area contributed by atoms with Crippen molar-refractivity contribution in [3.63, 3.8) is 0 Å². The topological polar surface area (TPSA) is 54.7 Å². The number of rotatable bonds is 0. The van der Waals surface area contributed by atoms with Crippen molar-refractivity contribution in [2.24, 2.45) is 9.98 Å². The number of fused-ring (bicyclic) bond motifs is 1. The van der Waals surface area contributed by atoms with Crippen LogP contribution in [0.4, 0.5) is 4.79 Å². The normalized spacial score (nSPS) is 13.7. The number of hydrogen-bond donors (Lipinski definition) is 0. The highest BCUT2D eigenvalue weighted by Gasteiger charge is 2.08. The summed E-state index contributed by atoms with van der Waals surface area (Å²) in [5.41, 5.74) is 0.316. The fourth-order valence-electron chi connectivity index (χ4n) is 0.831. The van der Waals surface area contributed by atoms with E-state index >= 15 is 0 Å². The molecule has 0 bridgehead atoms. The van der Waals surface area contributed by atoms with Gasteiger partial charge in [-0.15, -0.1) is 0 Å². The minimum absolute atomic E-state index is 0.316. The fraction of sp³-hybridized carbons (Fsp3) is 0. The molecule has 2 heterocycles. The molecule has 0 radical (unpaired) electrons. The Labute approximate surface area is 80.1 Å². The lowest BCUT2D eigenvalue weighted by molar-refractivity contribution is 0.256. The van der Waals surface area contributed by atoms with Crippen LogP contribution in [0.5, 0.6) is 0 Å². The van der Waals surface area contributed by atoms with E-state index in [0.717, 1.165) is 0 Å². The van der Waals surface area contributed by atoms with Crippen LogP contribution in [0.3, 0.4) is 0 Å². The van der Waals surface area contributed by atoms with Crippen LogP contribution in [0.15, 0.2) is 20.7 Å². The van der Waals surface area contributed by atoms with Crippen molar-refractivity contribution in [2.75, 3.05) is 0 Å². The van der Waals surface area contributed by atoms with Gasteiger partial charge < -0.3 is 0 Å². The maximum Gasteiger partial charge on any atom is 0.369 e. The Morgan fingerprint density at radius 1 is 1.42 bits per heavy atom. The Balaban J connectivity index is 2.89. The highest BCUT2D eigenvalue weighted by atomic mass is 79.9. The molecule has 0 N–H and O–H groups in total. The SMILES string of the molecule is O=C1N=c2cc(Cl)c(Br)nc2=N1. The lowest BCUT2D eigenvalue weighted by Crippen LogP contribution is -2.25. The molecular weight excluding hydrogens is 245 g/mol. The molecule has 6 heteroatoms. The average Bonchev–Trinajstić information content (AvgIpc) is 2.30. The molecule has 0 spiro atoms. The van der Waals surface area contributed by atoms with Crippen molar-refractivity contribution in [1.29, 1.82) is 0 Å². The fourth-order valence-corrected chi connectivity index (χ4v) is 1.26. The monoisotopic (exact) mass is 245 g/mol. The largest absolute Gasteiger partial charge is 0.369 e. The van der Waals surface area contributed by atoms with Crippen molar-refractivity contribution in [3.8, 4) is 0 Å². The number of pyridine rings is 1. The van der Waals surface area contributed by atoms with Gasteiger partial charge in [0.2, 0.25) is 0 Å². The van der Waals surface area contributed by atoms with Crippen LogP contribution in [-0.4, -0.2) is 11.0 Å². The van der Waals surface area contributed by atoms with E-state index in [2.05, 4.69) is 30.9 Å². The summed E-state index contributed by atoms with van der Waals surface area (Å²) in [6.07, 6.45) is 0. The standard InChI is InChI=1S/C6HBrClN3O/c7-4-2(8)1-3-5(10-4)11-6(12)9-3/h1H. The molecule has 0 saturated carbocycles. The zero-order valence-electron chi connectivity index (χ0n) is 5.58. The smallest absolute Gasteiger partial charge is 0.244 e. The second-order valence-corrected chi connectivity index (χ2v) is 3.27. The molecule has 0 aliphatic carbocycles. The minimum atomic E-state index is -0.535. The molecule has 1 aromatic rings. The van der Waals surface area contributed by atoms with Gasteiger partial charge in [-0.2, -0.15) is 9.98 Å². The summed E-state index contributed by atoms with van der Waals surface area (Å²) in [5.74, 6) is 0. The van der Waals surface area contributed by atoms with Crippen molar-refractivity contribution < 1.29 is 4.79 Å². The summed E-state index contributed by atoms with van der Waals surface area (Å²) in [5, 5.41) is 0.843. The van der Waals surface area contributed by atoms with E-state index in [9.17, 15) is 4.79 Å². The minimum Gasteiger partial charge on any atom is -0.244 e. The summed E-state index contributed by atoms with van der Waals surface area (Å²) in [4.78, 5) is 21.7. The van der Waals surface area contributed by atoms with Crippen molar-refractivity contribution in [3.05, 3.63) is 26.5 Å². The van der Waals surface area contributed by atoms with Gasteiger partial charge in [0.1, 0.15) is 9.96 Å². The van der Waals surface area contributed by atoms with E-state index in [1.807, 2.05) is 0 Å². The third kappa shape index (κ3) is 1.15. The molecule has 1 aliphatic rings. The molecule has 0 fully saturated rings. The molecule has 12 heavy (non-hydrogen) atoms. The Bertz CT molecular complexity index is 441. The number of carbonyl (C=O) groups excluding carboxylic acids is 1. The average molecular weight is 246 g/mol. The van der Waals surface area contributed by atoms with E-state index in [0.29, 0.717) is 20.5 Å². The number of carbonyl (C=O) groups is 1. The third-order valence-corrected chi connectivity index (χ3v) is 2.43. The van der Waals surface area contributed by atoms with E-state index in [-0.39, 0.29) is 0 Å². The molecular formula is C6HBrClN3O. The highest BCUT2D eigenvalue weighted by Crippen LogP contribution is 2.15. The van der Waals surface area contributed by atoms with E-state index < -0.39 is 6.03 Å². The van der Waals surface area contributed by atoms with Gasteiger partial charge in [-0.1, -0.05) is 11.6 Å². The second kappa shape index (κ2) is 2.60. The third-order valence-electron chi connectivity index (χ3n) is 1.31. The lowest BCUT2D eigenvalue weighted by atomic mass is 10.5. The molecule has 2 rings (SSSR count). The molecule has 0 saturated heterocycles. The Morgan fingerprint density at radius 3 is 2.92 bits per heavy atom. The summed E-state index contributed by atoms with van der Waals surface area (Å²) < 4.78 is 0.469. The lowest BCUT2D eigenvalue weighted by Gasteiger charge is -1.89. The zero-order chi connectivity index (χ0) is 8.72. The van der Waals surface area contributed by atoms with Gasteiger partial charge in [-0.25, -0.2) is 9.78 Å².